The highest BCUT2D eigenvalue weighted by Gasteiger charge is 2.19. The smallest absolute Gasteiger partial charge is 0.317 e. The number of hydrogen-bond acceptors (Lipinski definition) is 4. The van der Waals surface area contributed by atoms with E-state index in [2.05, 4.69) is 5.32 Å². The van der Waals surface area contributed by atoms with Crippen LogP contribution in [-0.2, 0) is 14.3 Å². The standard InChI is InChI=1S/C17H14F3NO3S/c1-10(17(23)21-14-8-11(18)6-7-12(14)19)24-16(22)9-25-15-5-3-2-4-13(15)20/h2-8,10H,9H2,1H3,(H,21,23)/t10-/m1/s1. The number of thioether (sulfide) groups is 1. The maximum absolute atomic E-state index is 13.5. The van der Waals surface area contributed by atoms with Gasteiger partial charge in [0.1, 0.15) is 17.5 Å². The summed E-state index contributed by atoms with van der Waals surface area (Å²) in [5, 5.41) is 2.14. The molecule has 2 aromatic carbocycles. The van der Waals surface area contributed by atoms with Crippen LogP contribution in [0, 0.1) is 17.5 Å². The molecule has 1 N–H and O–H groups in total. The minimum Gasteiger partial charge on any atom is -0.452 e. The van der Waals surface area contributed by atoms with Gasteiger partial charge in [-0.3, -0.25) is 9.59 Å². The molecule has 4 nitrogen and oxygen atoms in total. The van der Waals surface area contributed by atoms with Crippen LogP contribution < -0.4 is 5.32 Å². The third kappa shape index (κ3) is 5.53. The summed E-state index contributed by atoms with van der Waals surface area (Å²) in [6.45, 7) is 1.29. The molecule has 0 fully saturated rings. The highest BCUT2D eigenvalue weighted by Crippen LogP contribution is 2.21. The van der Waals surface area contributed by atoms with E-state index in [0.29, 0.717) is 0 Å². The van der Waals surface area contributed by atoms with Crippen molar-refractivity contribution in [2.24, 2.45) is 0 Å². The lowest BCUT2D eigenvalue weighted by Gasteiger charge is -2.14. The fourth-order valence-electron chi connectivity index (χ4n) is 1.81. The van der Waals surface area contributed by atoms with Gasteiger partial charge in [0.05, 0.1) is 11.4 Å². The molecule has 8 heteroatoms. The number of amides is 1. The third-order valence-corrected chi connectivity index (χ3v) is 4.07. The first-order valence-corrected chi connectivity index (χ1v) is 8.18. The van der Waals surface area contributed by atoms with Gasteiger partial charge in [-0.15, -0.1) is 11.8 Å². The Hall–Kier alpha value is -2.48. The molecule has 0 saturated heterocycles. The molecule has 25 heavy (non-hydrogen) atoms. The number of nitrogens with one attached hydrogen (secondary N) is 1. The van der Waals surface area contributed by atoms with Crippen LogP contribution >= 0.6 is 11.8 Å². The first kappa shape index (κ1) is 18.9. The fraction of sp³-hybridized carbons (Fsp3) is 0.176. The summed E-state index contributed by atoms with van der Waals surface area (Å²) >= 11 is 0.926. The van der Waals surface area contributed by atoms with Crippen LogP contribution in [0.1, 0.15) is 6.92 Å². The SMILES string of the molecule is C[C@@H](OC(=O)CSc1ccccc1F)C(=O)Nc1cc(F)ccc1F. The third-order valence-electron chi connectivity index (χ3n) is 3.05. The molecule has 0 aliphatic carbocycles. The van der Waals surface area contributed by atoms with Gasteiger partial charge in [-0.2, -0.15) is 0 Å². The van der Waals surface area contributed by atoms with E-state index >= 15 is 0 Å². The van der Waals surface area contributed by atoms with E-state index < -0.39 is 35.4 Å². The van der Waals surface area contributed by atoms with Crippen LogP contribution in [0.15, 0.2) is 47.4 Å². The number of esters is 1. The molecular formula is C17H14F3NO3S. The van der Waals surface area contributed by atoms with E-state index in [1.807, 2.05) is 0 Å². The van der Waals surface area contributed by atoms with Crippen molar-refractivity contribution in [2.45, 2.75) is 17.9 Å². The molecule has 2 rings (SSSR count). The molecule has 0 aromatic heterocycles. The van der Waals surface area contributed by atoms with Crippen molar-refractivity contribution >= 4 is 29.3 Å². The number of ether oxygens (including phenoxy) is 1. The molecular weight excluding hydrogens is 355 g/mol. The van der Waals surface area contributed by atoms with Crippen LogP contribution in [0.2, 0.25) is 0 Å². The summed E-state index contributed by atoms with van der Waals surface area (Å²) in [6, 6.07) is 8.51. The Morgan fingerprint density at radius 1 is 1.12 bits per heavy atom. The van der Waals surface area contributed by atoms with Gasteiger partial charge in [0.15, 0.2) is 6.10 Å². The Bertz CT molecular complexity index is 785. The average Bonchev–Trinajstić information content (AvgIpc) is 2.57. The Kier molecular flexibility index (Phi) is 6.46. The molecule has 1 amide bonds. The van der Waals surface area contributed by atoms with Crippen molar-refractivity contribution in [1.82, 2.24) is 0 Å². The molecule has 0 spiro atoms. The van der Waals surface area contributed by atoms with Crippen LogP contribution in [0.4, 0.5) is 18.9 Å². The van der Waals surface area contributed by atoms with Crippen molar-refractivity contribution in [3.8, 4) is 0 Å². The van der Waals surface area contributed by atoms with Gasteiger partial charge in [0.2, 0.25) is 0 Å². The predicted molar refractivity (Wildman–Crippen MR) is 87.7 cm³/mol. The fourth-order valence-corrected chi connectivity index (χ4v) is 2.53. The van der Waals surface area contributed by atoms with E-state index in [0.717, 1.165) is 30.0 Å². The summed E-state index contributed by atoms with van der Waals surface area (Å²) < 4.78 is 44.9. The Labute approximate surface area is 146 Å². The average molecular weight is 369 g/mol. The van der Waals surface area contributed by atoms with Gasteiger partial charge in [0.25, 0.3) is 5.91 Å². The molecule has 0 saturated carbocycles. The molecule has 0 bridgehead atoms. The second-order valence-electron chi connectivity index (χ2n) is 4.96. The summed E-state index contributed by atoms with van der Waals surface area (Å²) in [4.78, 5) is 23.9. The summed E-state index contributed by atoms with van der Waals surface area (Å²) in [7, 11) is 0. The maximum Gasteiger partial charge on any atom is 0.317 e. The molecule has 0 heterocycles. The van der Waals surface area contributed by atoms with Gasteiger partial charge in [-0.05, 0) is 31.2 Å². The number of halogens is 3. The zero-order valence-electron chi connectivity index (χ0n) is 13.1. The number of benzene rings is 2. The monoisotopic (exact) mass is 369 g/mol. The molecule has 0 radical (unpaired) electrons. The summed E-state index contributed by atoms with van der Waals surface area (Å²) in [5.74, 6) is -3.75. The van der Waals surface area contributed by atoms with Crippen molar-refractivity contribution < 1.29 is 27.5 Å². The van der Waals surface area contributed by atoms with E-state index in [-0.39, 0.29) is 16.3 Å². The second-order valence-corrected chi connectivity index (χ2v) is 5.98. The summed E-state index contributed by atoms with van der Waals surface area (Å²) in [5.41, 5.74) is -0.353. The first-order chi connectivity index (χ1) is 11.9. The quantitative estimate of drug-likeness (QED) is 0.622. The van der Waals surface area contributed by atoms with Gasteiger partial charge in [-0.1, -0.05) is 12.1 Å². The second kappa shape index (κ2) is 8.57. The zero-order valence-corrected chi connectivity index (χ0v) is 13.9. The minimum absolute atomic E-state index is 0.202. The number of carbonyl (C=O) groups excluding carboxylic acids is 2. The topological polar surface area (TPSA) is 55.4 Å². The highest BCUT2D eigenvalue weighted by molar-refractivity contribution is 8.00. The number of carbonyl (C=O) groups is 2. The largest absolute Gasteiger partial charge is 0.452 e. The number of rotatable bonds is 6. The van der Waals surface area contributed by atoms with E-state index in [1.54, 1.807) is 6.07 Å². The van der Waals surface area contributed by atoms with E-state index in [1.165, 1.54) is 25.1 Å². The molecule has 0 aliphatic rings. The lowest BCUT2D eigenvalue weighted by atomic mass is 10.2. The van der Waals surface area contributed by atoms with Crippen LogP contribution in [-0.4, -0.2) is 23.7 Å². The highest BCUT2D eigenvalue weighted by atomic mass is 32.2. The molecule has 1 atom stereocenters. The lowest BCUT2D eigenvalue weighted by Crippen LogP contribution is -2.30. The number of anilines is 1. The Balaban J connectivity index is 1.87. The van der Waals surface area contributed by atoms with Crippen LogP contribution in [0.5, 0.6) is 0 Å². The van der Waals surface area contributed by atoms with Gasteiger partial charge in [0, 0.05) is 11.0 Å². The van der Waals surface area contributed by atoms with E-state index in [9.17, 15) is 22.8 Å². The number of hydrogen-bond donors (Lipinski definition) is 1. The van der Waals surface area contributed by atoms with Gasteiger partial charge >= 0.3 is 5.97 Å². The normalized spacial score (nSPS) is 11.7. The van der Waals surface area contributed by atoms with Crippen molar-refractivity contribution in [1.29, 1.82) is 0 Å². The van der Waals surface area contributed by atoms with Gasteiger partial charge in [-0.25, -0.2) is 13.2 Å². The van der Waals surface area contributed by atoms with Crippen LogP contribution in [0.3, 0.4) is 0 Å². The first-order valence-electron chi connectivity index (χ1n) is 7.19. The van der Waals surface area contributed by atoms with Crippen molar-refractivity contribution in [3.05, 3.63) is 59.9 Å². The summed E-state index contributed by atoms with van der Waals surface area (Å²) in [6.07, 6.45) is -1.23. The molecule has 132 valence electrons. The zero-order chi connectivity index (χ0) is 18.4. The molecule has 2 aromatic rings. The molecule has 0 aliphatic heterocycles. The van der Waals surface area contributed by atoms with Gasteiger partial charge < -0.3 is 10.1 Å². The Morgan fingerprint density at radius 2 is 1.84 bits per heavy atom. The lowest BCUT2D eigenvalue weighted by molar-refractivity contribution is -0.150. The van der Waals surface area contributed by atoms with Crippen molar-refractivity contribution in [3.63, 3.8) is 0 Å². The minimum atomic E-state index is -1.23. The molecule has 0 unspecified atom stereocenters. The Morgan fingerprint density at radius 3 is 2.56 bits per heavy atom. The maximum atomic E-state index is 13.5. The van der Waals surface area contributed by atoms with Crippen LogP contribution in [0.25, 0.3) is 0 Å². The predicted octanol–water partition coefficient (Wildman–Crippen LogP) is 3.77. The van der Waals surface area contributed by atoms with E-state index in [4.69, 9.17) is 4.74 Å². The van der Waals surface area contributed by atoms with Crippen molar-refractivity contribution in [2.75, 3.05) is 11.1 Å².